The molecule has 0 bridgehead atoms. The van der Waals surface area contributed by atoms with Crippen molar-refractivity contribution in [3.05, 3.63) is 47.5 Å². The lowest BCUT2D eigenvalue weighted by atomic mass is 9.85. The van der Waals surface area contributed by atoms with Crippen molar-refractivity contribution in [2.75, 3.05) is 26.8 Å². The maximum absolute atomic E-state index is 6.18. The Balaban J connectivity index is 1.27. The van der Waals surface area contributed by atoms with E-state index < -0.39 is 0 Å². The quantitative estimate of drug-likeness (QED) is 0.825. The second kappa shape index (κ2) is 5.53. The van der Waals surface area contributed by atoms with Crippen LogP contribution in [0.3, 0.4) is 0 Å². The molecule has 0 saturated carbocycles. The molecule has 2 aromatic carbocycles. The fourth-order valence-corrected chi connectivity index (χ4v) is 4.41. The van der Waals surface area contributed by atoms with E-state index in [1.165, 1.54) is 0 Å². The Hall–Kier alpha value is -2.44. The average Bonchev–Trinajstić information content (AvgIpc) is 3.42. The third kappa shape index (κ3) is 2.12. The Kier molecular flexibility index (Phi) is 3.12. The minimum absolute atomic E-state index is 0.0218. The molecular weight excluding hydrogens is 336 g/mol. The molecule has 0 aromatic heterocycles. The van der Waals surface area contributed by atoms with Crippen molar-refractivity contribution in [2.24, 2.45) is 11.8 Å². The van der Waals surface area contributed by atoms with Crippen molar-refractivity contribution in [3.8, 4) is 23.0 Å². The summed E-state index contributed by atoms with van der Waals surface area (Å²) in [6, 6.07) is 12.1. The predicted octanol–water partition coefficient (Wildman–Crippen LogP) is 3.22. The molecule has 26 heavy (non-hydrogen) atoms. The number of ether oxygens (including phenoxy) is 6. The molecule has 0 radical (unpaired) electrons. The topological polar surface area (TPSA) is 55.4 Å². The summed E-state index contributed by atoms with van der Waals surface area (Å²) in [6.45, 7) is 1.93. The minimum Gasteiger partial charge on any atom is -0.454 e. The molecule has 0 N–H and O–H groups in total. The van der Waals surface area contributed by atoms with Crippen molar-refractivity contribution in [3.63, 3.8) is 0 Å². The van der Waals surface area contributed by atoms with Crippen molar-refractivity contribution in [1.29, 1.82) is 0 Å². The third-order valence-corrected chi connectivity index (χ3v) is 5.71. The summed E-state index contributed by atoms with van der Waals surface area (Å²) in [5.41, 5.74) is 2.24. The molecule has 0 aliphatic carbocycles. The van der Waals surface area contributed by atoms with Crippen LogP contribution < -0.4 is 18.9 Å². The Labute approximate surface area is 150 Å². The molecular formula is C20H18O6. The molecule has 2 aromatic rings. The Bertz CT molecular complexity index is 794. The van der Waals surface area contributed by atoms with Gasteiger partial charge in [0.1, 0.15) is 0 Å². The summed E-state index contributed by atoms with van der Waals surface area (Å²) >= 11 is 0. The molecule has 4 atom stereocenters. The molecule has 2 saturated heterocycles. The van der Waals surface area contributed by atoms with E-state index in [2.05, 4.69) is 12.1 Å². The minimum atomic E-state index is 0.0218. The molecule has 2 fully saturated rings. The highest BCUT2D eigenvalue weighted by Gasteiger charge is 2.48. The Morgan fingerprint density at radius 2 is 1.04 bits per heavy atom. The zero-order valence-electron chi connectivity index (χ0n) is 14.1. The van der Waals surface area contributed by atoms with Crippen molar-refractivity contribution in [2.45, 2.75) is 12.2 Å². The number of benzene rings is 2. The van der Waals surface area contributed by atoms with E-state index in [4.69, 9.17) is 28.4 Å². The van der Waals surface area contributed by atoms with Crippen molar-refractivity contribution >= 4 is 0 Å². The molecule has 4 aliphatic heterocycles. The second-order valence-corrected chi connectivity index (χ2v) is 7.06. The maximum atomic E-state index is 6.18. The summed E-state index contributed by atoms with van der Waals surface area (Å²) < 4.78 is 34.2. The highest BCUT2D eigenvalue weighted by Crippen LogP contribution is 2.52. The van der Waals surface area contributed by atoms with Crippen LogP contribution in [-0.4, -0.2) is 26.8 Å². The first-order chi connectivity index (χ1) is 12.9. The SMILES string of the molecule is c1cc2c(cc1C1OCC3C1CO[C@@H]3c1ccc3c(c1)OCO3)OCO2. The fourth-order valence-electron chi connectivity index (χ4n) is 4.41. The Morgan fingerprint density at radius 1 is 0.577 bits per heavy atom. The van der Waals surface area contributed by atoms with Gasteiger partial charge in [0.25, 0.3) is 0 Å². The maximum Gasteiger partial charge on any atom is 0.231 e. The summed E-state index contributed by atoms with van der Waals surface area (Å²) in [6.07, 6.45) is 0.0435. The number of hydrogen-bond acceptors (Lipinski definition) is 6. The van der Waals surface area contributed by atoms with Gasteiger partial charge in [-0.05, 0) is 35.4 Å². The van der Waals surface area contributed by atoms with E-state index >= 15 is 0 Å². The van der Waals surface area contributed by atoms with Crippen LogP contribution in [0.5, 0.6) is 23.0 Å². The van der Waals surface area contributed by atoms with Crippen LogP contribution in [0.15, 0.2) is 36.4 Å². The fraction of sp³-hybridized carbons (Fsp3) is 0.400. The molecule has 4 aliphatic rings. The standard InChI is InChI=1S/C20H18O6/c1-3-15-17(25-9-23-15)5-11(1)19-13-7-22-20(14(13)8-21-19)12-2-4-16-18(6-12)26-10-24-16/h1-6,13-14,19-20H,7-10H2/t13?,14?,19-,20?/m1/s1. The molecule has 6 rings (SSSR count). The summed E-state index contributed by atoms with van der Waals surface area (Å²) in [4.78, 5) is 0. The van der Waals surface area contributed by atoms with Crippen molar-refractivity contribution in [1.82, 2.24) is 0 Å². The highest BCUT2D eigenvalue weighted by atomic mass is 16.7. The zero-order chi connectivity index (χ0) is 17.1. The lowest BCUT2D eigenvalue weighted by Gasteiger charge is -2.17. The molecule has 3 unspecified atom stereocenters. The van der Waals surface area contributed by atoms with E-state index in [-0.39, 0.29) is 25.8 Å². The lowest BCUT2D eigenvalue weighted by molar-refractivity contribution is 0.0192. The molecule has 4 heterocycles. The average molecular weight is 354 g/mol. The van der Waals surface area contributed by atoms with Gasteiger partial charge in [-0.15, -0.1) is 0 Å². The largest absolute Gasteiger partial charge is 0.454 e. The smallest absolute Gasteiger partial charge is 0.231 e. The molecule has 6 heteroatoms. The van der Waals surface area contributed by atoms with E-state index in [0.717, 1.165) is 34.1 Å². The highest BCUT2D eigenvalue weighted by molar-refractivity contribution is 5.46. The van der Waals surface area contributed by atoms with Crippen LogP contribution in [0.4, 0.5) is 0 Å². The van der Waals surface area contributed by atoms with Gasteiger partial charge >= 0.3 is 0 Å². The zero-order valence-corrected chi connectivity index (χ0v) is 14.1. The number of hydrogen-bond donors (Lipinski definition) is 0. The van der Waals surface area contributed by atoms with Gasteiger partial charge in [-0.3, -0.25) is 0 Å². The Morgan fingerprint density at radius 3 is 1.54 bits per heavy atom. The van der Waals surface area contributed by atoms with E-state index in [9.17, 15) is 0 Å². The second-order valence-electron chi connectivity index (χ2n) is 7.06. The summed E-state index contributed by atoms with van der Waals surface area (Å²) in [5.74, 6) is 3.83. The summed E-state index contributed by atoms with van der Waals surface area (Å²) in [5, 5.41) is 0. The van der Waals surface area contributed by atoms with Gasteiger partial charge in [-0.25, -0.2) is 0 Å². The van der Waals surface area contributed by atoms with Gasteiger partial charge in [-0.2, -0.15) is 0 Å². The molecule has 134 valence electrons. The van der Waals surface area contributed by atoms with E-state index in [1.807, 2.05) is 24.3 Å². The van der Waals surface area contributed by atoms with E-state index in [0.29, 0.717) is 25.0 Å². The summed E-state index contributed by atoms with van der Waals surface area (Å²) in [7, 11) is 0. The monoisotopic (exact) mass is 354 g/mol. The molecule has 0 spiro atoms. The van der Waals surface area contributed by atoms with Crippen LogP contribution in [0.2, 0.25) is 0 Å². The van der Waals surface area contributed by atoms with Crippen LogP contribution in [0, 0.1) is 11.8 Å². The normalized spacial score (nSPS) is 30.6. The van der Waals surface area contributed by atoms with Crippen molar-refractivity contribution < 1.29 is 28.4 Å². The molecule has 6 nitrogen and oxygen atoms in total. The van der Waals surface area contributed by atoms with E-state index in [1.54, 1.807) is 0 Å². The third-order valence-electron chi connectivity index (χ3n) is 5.71. The lowest BCUT2D eigenvalue weighted by Crippen LogP contribution is -2.14. The van der Waals surface area contributed by atoms with Gasteiger partial charge < -0.3 is 28.4 Å². The first-order valence-corrected chi connectivity index (χ1v) is 8.89. The first kappa shape index (κ1) is 14.7. The molecule has 0 amide bonds. The number of rotatable bonds is 2. The van der Waals surface area contributed by atoms with Gasteiger partial charge in [0.05, 0.1) is 25.4 Å². The van der Waals surface area contributed by atoms with Gasteiger partial charge in [0, 0.05) is 11.8 Å². The van der Waals surface area contributed by atoms with Crippen LogP contribution in [0.25, 0.3) is 0 Å². The van der Waals surface area contributed by atoms with Gasteiger partial charge in [0.15, 0.2) is 23.0 Å². The van der Waals surface area contributed by atoms with Gasteiger partial charge in [0.2, 0.25) is 13.6 Å². The predicted molar refractivity (Wildman–Crippen MR) is 89.5 cm³/mol. The first-order valence-electron chi connectivity index (χ1n) is 8.89. The van der Waals surface area contributed by atoms with Crippen LogP contribution in [0.1, 0.15) is 23.3 Å². The number of fused-ring (bicyclic) bond motifs is 3. The van der Waals surface area contributed by atoms with Crippen LogP contribution >= 0.6 is 0 Å². The van der Waals surface area contributed by atoms with Gasteiger partial charge in [-0.1, -0.05) is 12.1 Å². The van der Waals surface area contributed by atoms with Crippen LogP contribution in [-0.2, 0) is 9.47 Å².